The number of hydrogen-bond acceptors (Lipinski definition) is 3. The predicted octanol–water partition coefficient (Wildman–Crippen LogP) is 17.1. The van der Waals surface area contributed by atoms with Crippen LogP contribution < -0.4 is 9.80 Å². The Morgan fingerprint density at radius 1 is 0.369 bits per heavy atom. The smallest absolute Gasteiger partial charge is 0.137 e. The first-order valence-corrected chi connectivity index (χ1v) is 22.5. The highest BCUT2D eigenvalue weighted by molar-refractivity contribution is 6.17. The van der Waals surface area contributed by atoms with Crippen molar-refractivity contribution in [2.75, 3.05) is 9.80 Å². The lowest BCUT2D eigenvalue weighted by atomic mass is 9.82. The molecule has 0 saturated carbocycles. The molecule has 1 aliphatic heterocycles. The monoisotopic (exact) mass is 831 g/mol. The minimum atomic E-state index is -0.190. The van der Waals surface area contributed by atoms with Gasteiger partial charge in [0.1, 0.15) is 11.2 Å². The number of furan rings is 1. The van der Waals surface area contributed by atoms with Crippen LogP contribution in [0.4, 0.5) is 34.1 Å². The van der Waals surface area contributed by atoms with E-state index in [-0.39, 0.29) is 5.41 Å². The maximum absolute atomic E-state index is 6.48. The number of fused-ring (bicyclic) bond motifs is 14. The molecule has 2 aromatic heterocycles. The number of benzene rings is 10. The van der Waals surface area contributed by atoms with Crippen LogP contribution in [-0.2, 0) is 5.41 Å². The van der Waals surface area contributed by atoms with Gasteiger partial charge < -0.3 is 18.8 Å². The van der Waals surface area contributed by atoms with Crippen molar-refractivity contribution >= 4 is 88.6 Å². The van der Waals surface area contributed by atoms with Crippen LogP contribution in [0.5, 0.6) is 0 Å². The van der Waals surface area contributed by atoms with E-state index < -0.39 is 0 Å². The van der Waals surface area contributed by atoms with Gasteiger partial charge in [0.2, 0.25) is 0 Å². The summed E-state index contributed by atoms with van der Waals surface area (Å²) in [7, 11) is 0. The van der Waals surface area contributed by atoms with Gasteiger partial charge in [-0.25, -0.2) is 0 Å². The van der Waals surface area contributed by atoms with Gasteiger partial charge in [-0.2, -0.15) is 0 Å². The van der Waals surface area contributed by atoms with Crippen LogP contribution in [0, 0.1) is 0 Å². The largest absolute Gasteiger partial charge is 0.456 e. The summed E-state index contributed by atoms with van der Waals surface area (Å²) in [6.07, 6.45) is 0. The second kappa shape index (κ2) is 13.3. The molecule has 0 amide bonds. The van der Waals surface area contributed by atoms with Crippen LogP contribution in [0.25, 0.3) is 82.5 Å². The molecule has 8 bridgehead atoms. The van der Waals surface area contributed by atoms with E-state index in [4.69, 9.17) is 4.42 Å². The fraction of sp³-hybridized carbons (Fsp3) is 0.0492. The van der Waals surface area contributed by atoms with Gasteiger partial charge >= 0.3 is 0 Å². The summed E-state index contributed by atoms with van der Waals surface area (Å²) in [6, 6.07) is 78.3. The minimum Gasteiger partial charge on any atom is -0.456 e. The first-order valence-electron chi connectivity index (χ1n) is 22.5. The highest BCUT2D eigenvalue weighted by atomic mass is 16.3. The summed E-state index contributed by atoms with van der Waals surface area (Å²) < 4.78 is 8.94. The molecule has 12 aromatic rings. The third-order valence-electron chi connectivity index (χ3n) is 14.2. The Balaban J connectivity index is 1.03. The Labute approximate surface area is 376 Å². The van der Waals surface area contributed by atoms with E-state index in [0.717, 1.165) is 67.2 Å². The number of para-hydroxylation sites is 2. The average Bonchev–Trinajstić information content (AvgIpc) is 3.96. The first kappa shape index (κ1) is 36.2. The van der Waals surface area contributed by atoms with Gasteiger partial charge in [0, 0.05) is 66.8 Å². The molecule has 0 atom stereocenters. The number of rotatable bonds is 3. The van der Waals surface area contributed by atoms with Gasteiger partial charge in [0.15, 0.2) is 0 Å². The summed E-state index contributed by atoms with van der Waals surface area (Å²) >= 11 is 0. The summed E-state index contributed by atoms with van der Waals surface area (Å²) in [4.78, 5) is 4.88. The molecule has 0 fully saturated rings. The zero-order chi connectivity index (χ0) is 43.0. The van der Waals surface area contributed by atoms with Crippen molar-refractivity contribution in [2.45, 2.75) is 19.3 Å². The van der Waals surface area contributed by atoms with E-state index in [0.29, 0.717) is 0 Å². The Morgan fingerprint density at radius 3 is 1.69 bits per heavy atom. The van der Waals surface area contributed by atoms with Crippen LogP contribution in [0.2, 0.25) is 0 Å². The van der Waals surface area contributed by atoms with Gasteiger partial charge in [0.25, 0.3) is 0 Å². The van der Waals surface area contributed by atoms with Gasteiger partial charge in [-0.05, 0) is 130 Å². The molecule has 306 valence electrons. The lowest BCUT2D eigenvalue weighted by Crippen LogP contribution is -2.16. The molecule has 4 heteroatoms. The van der Waals surface area contributed by atoms with E-state index in [1.807, 2.05) is 6.07 Å². The average molecular weight is 832 g/mol. The van der Waals surface area contributed by atoms with Crippen molar-refractivity contribution in [3.05, 3.63) is 223 Å². The van der Waals surface area contributed by atoms with Crippen molar-refractivity contribution in [2.24, 2.45) is 0 Å². The van der Waals surface area contributed by atoms with Crippen molar-refractivity contribution in [1.29, 1.82) is 0 Å². The van der Waals surface area contributed by atoms with E-state index >= 15 is 0 Å². The molecule has 2 aliphatic rings. The summed E-state index contributed by atoms with van der Waals surface area (Å²) in [5, 5.41) is 7.13. The van der Waals surface area contributed by atoms with Crippen LogP contribution in [-0.4, -0.2) is 4.57 Å². The zero-order valence-electron chi connectivity index (χ0n) is 36.0. The highest BCUT2D eigenvalue weighted by Gasteiger charge is 2.37. The maximum Gasteiger partial charge on any atom is 0.137 e. The third kappa shape index (κ3) is 5.19. The fourth-order valence-electron chi connectivity index (χ4n) is 11.3. The Kier molecular flexibility index (Phi) is 7.42. The zero-order valence-corrected chi connectivity index (χ0v) is 36.0. The molecule has 0 N–H and O–H groups in total. The topological polar surface area (TPSA) is 24.6 Å². The summed E-state index contributed by atoms with van der Waals surface area (Å²) in [5.41, 5.74) is 19.1. The fourth-order valence-corrected chi connectivity index (χ4v) is 11.3. The van der Waals surface area contributed by atoms with Gasteiger partial charge in [-0.3, -0.25) is 0 Å². The maximum atomic E-state index is 6.48. The van der Waals surface area contributed by atoms with E-state index in [2.05, 4.69) is 234 Å². The molecule has 10 aromatic carbocycles. The number of anilines is 6. The molecular formula is C61H41N3O. The number of hydrogen-bond donors (Lipinski definition) is 0. The second-order valence-corrected chi connectivity index (χ2v) is 18.2. The number of aromatic nitrogens is 1. The van der Waals surface area contributed by atoms with Crippen LogP contribution >= 0.6 is 0 Å². The van der Waals surface area contributed by atoms with Crippen molar-refractivity contribution in [3.8, 4) is 27.9 Å². The minimum absolute atomic E-state index is 0.190. The lowest BCUT2D eigenvalue weighted by molar-refractivity contribution is 0.660. The molecule has 1 aliphatic carbocycles. The summed E-state index contributed by atoms with van der Waals surface area (Å²) in [6.45, 7) is 4.73. The molecule has 0 spiro atoms. The van der Waals surface area contributed by atoms with Crippen LogP contribution in [0.15, 0.2) is 217 Å². The number of nitrogens with zero attached hydrogens (tertiary/aromatic N) is 3. The SMILES string of the molecule is CC1(C)c2ccc3cc2-c2cc(ccc21)N(c1cccc2c1c1ccccc1n2-c1cccc2ccccc12)c1cccc(c1)-c1cccc(c1)N3c1ccc2c(c1)oc1ccccc12. The highest BCUT2D eigenvalue weighted by Crippen LogP contribution is 2.54. The Morgan fingerprint density at radius 2 is 0.908 bits per heavy atom. The molecule has 4 nitrogen and oxygen atoms in total. The molecular weight excluding hydrogens is 791 g/mol. The Bertz CT molecular complexity index is 3960. The van der Waals surface area contributed by atoms with E-state index in [9.17, 15) is 0 Å². The van der Waals surface area contributed by atoms with E-state index in [1.165, 1.54) is 60.5 Å². The standard InChI is InChI=1S/C61H41N3O/c1-61(2)52-31-28-43-35-50(52)51-36-44(29-32-53(51)61)63(56-24-12-25-57-60(56)49-21-5-7-22-55(49)64(57)54-23-11-14-38-13-3-4-19-46(38)54)42-18-10-16-40(34-42)39-15-9-17-41(33-39)62(43)45-27-30-48-47-20-6-8-26-58(47)65-59(48)37-45/h3-37H,1-2H3. The molecule has 0 saturated heterocycles. The molecule has 65 heavy (non-hydrogen) atoms. The molecule has 3 heterocycles. The predicted molar refractivity (Wildman–Crippen MR) is 271 cm³/mol. The normalized spacial score (nSPS) is 13.8. The first-order chi connectivity index (χ1) is 32.0. The second-order valence-electron chi connectivity index (χ2n) is 18.2. The van der Waals surface area contributed by atoms with Crippen molar-refractivity contribution < 1.29 is 4.42 Å². The van der Waals surface area contributed by atoms with E-state index in [1.54, 1.807) is 0 Å². The van der Waals surface area contributed by atoms with Crippen LogP contribution in [0.3, 0.4) is 0 Å². The lowest BCUT2D eigenvalue weighted by Gasteiger charge is -2.29. The van der Waals surface area contributed by atoms with Gasteiger partial charge in [0.05, 0.1) is 22.4 Å². The molecule has 14 rings (SSSR count). The van der Waals surface area contributed by atoms with Crippen molar-refractivity contribution in [1.82, 2.24) is 4.57 Å². The quantitative estimate of drug-likeness (QED) is 0.177. The van der Waals surface area contributed by atoms with Crippen molar-refractivity contribution in [3.63, 3.8) is 0 Å². The Hall–Kier alpha value is -8.34. The van der Waals surface area contributed by atoms with Gasteiger partial charge in [-0.15, -0.1) is 0 Å². The van der Waals surface area contributed by atoms with Crippen LogP contribution in [0.1, 0.15) is 25.0 Å². The van der Waals surface area contributed by atoms with Gasteiger partial charge in [-0.1, -0.05) is 129 Å². The molecule has 0 unspecified atom stereocenters. The summed E-state index contributed by atoms with van der Waals surface area (Å²) in [5.74, 6) is 0. The molecule has 0 radical (unpaired) electrons. The third-order valence-corrected chi connectivity index (χ3v) is 14.2.